The number of carboxylic acids is 1. The molecule has 3 heterocycles. The van der Waals surface area contributed by atoms with Gasteiger partial charge in [-0.2, -0.15) is 0 Å². The molecule has 0 fully saturated rings. The molecule has 1 N–H and O–H groups in total. The molecule has 146 valence electrons. The third kappa shape index (κ3) is 3.33. The first-order valence-electron chi connectivity index (χ1n) is 9.26. The van der Waals surface area contributed by atoms with Gasteiger partial charge in [0, 0.05) is 46.7 Å². The van der Waals surface area contributed by atoms with E-state index in [1.165, 1.54) is 7.11 Å². The molecule has 3 aromatic heterocycles. The van der Waals surface area contributed by atoms with E-state index in [0.717, 1.165) is 27.7 Å². The minimum atomic E-state index is -0.995. The lowest BCUT2D eigenvalue weighted by atomic mass is 10.0. The van der Waals surface area contributed by atoms with Crippen LogP contribution in [0.1, 0.15) is 27.3 Å². The molecule has 0 aliphatic carbocycles. The van der Waals surface area contributed by atoms with Crippen LogP contribution in [0.2, 0.25) is 0 Å². The van der Waals surface area contributed by atoms with E-state index >= 15 is 0 Å². The second kappa shape index (κ2) is 7.39. The molecule has 0 spiro atoms. The summed E-state index contributed by atoms with van der Waals surface area (Å²) in [5.41, 5.74) is 5.27. The van der Waals surface area contributed by atoms with Crippen LogP contribution in [-0.2, 0) is 6.54 Å². The van der Waals surface area contributed by atoms with E-state index < -0.39 is 5.97 Å². The van der Waals surface area contributed by atoms with E-state index in [0.29, 0.717) is 23.6 Å². The predicted octanol–water partition coefficient (Wildman–Crippen LogP) is 4.47. The molecule has 6 heteroatoms. The van der Waals surface area contributed by atoms with E-state index in [1.54, 1.807) is 18.5 Å². The number of aromatic nitrogens is 3. The highest BCUT2D eigenvalue weighted by Crippen LogP contribution is 2.39. The molecule has 1 aromatic carbocycles. The zero-order chi connectivity index (χ0) is 20.5. The van der Waals surface area contributed by atoms with Crippen LogP contribution in [0.3, 0.4) is 0 Å². The number of benzene rings is 1. The molecule has 29 heavy (non-hydrogen) atoms. The van der Waals surface area contributed by atoms with Crippen molar-refractivity contribution in [3.05, 3.63) is 77.4 Å². The number of rotatable bonds is 5. The number of aryl methyl sites for hydroxylation is 2. The van der Waals surface area contributed by atoms with Crippen LogP contribution in [-0.4, -0.2) is 32.7 Å². The van der Waals surface area contributed by atoms with Gasteiger partial charge in [-0.3, -0.25) is 4.98 Å². The van der Waals surface area contributed by atoms with Gasteiger partial charge in [0.1, 0.15) is 5.69 Å². The fourth-order valence-electron chi connectivity index (χ4n) is 3.76. The maximum absolute atomic E-state index is 12.4. The fourth-order valence-corrected chi connectivity index (χ4v) is 3.76. The largest absolute Gasteiger partial charge is 0.481 e. The van der Waals surface area contributed by atoms with Crippen LogP contribution in [0, 0.1) is 13.8 Å². The maximum atomic E-state index is 12.4. The van der Waals surface area contributed by atoms with Gasteiger partial charge in [0.15, 0.2) is 0 Å². The second-order valence-corrected chi connectivity index (χ2v) is 7.00. The molecule has 0 aliphatic heterocycles. The standard InChI is InChI=1S/C23H21N3O3/c1-14-6-7-19-18(11-14)20(17-5-4-9-25-22(17)29-3)21(23(27)28)26(19)13-16-8-10-24-15(2)12-16/h4-12H,13H2,1-3H3,(H,27,28). The van der Waals surface area contributed by atoms with Crippen LogP contribution in [0.5, 0.6) is 5.88 Å². The van der Waals surface area contributed by atoms with Crippen LogP contribution in [0.15, 0.2) is 54.9 Å². The third-order valence-corrected chi connectivity index (χ3v) is 4.96. The van der Waals surface area contributed by atoms with Crippen molar-refractivity contribution in [1.29, 1.82) is 0 Å². The lowest BCUT2D eigenvalue weighted by Gasteiger charge is -2.11. The Morgan fingerprint density at radius 2 is 1.93 bits per heavy atom. The summed E-state index contributed by atoms with van der Waals surface area (Å²) in [6, 6.07) is 13.5. The summed E-state index contributed by atoms with van der Waals surface area (Å²) in [6.07, 6.45) is 3.37. The maximum Gasteiger partial charge on any atom is 0.353 e. The summed E-state index contributed by atoms with van der Waals surface area (Å²) >= 11 is 0. The highest BCUT2D eigenvalue weighted by molar-refractivity contribution is 6.09. The number of carboxylic acid groups (broad SMARTS) is 1. The van der Waals surface area contributed by atoms with Gasteiger partial charge >= 0.3 is 5.97 Å². The predicted molar refractivity (Wildman–Crippen MR) is 111 cm³/mol. The first kappa shape index (κ1) is 18.7. The lowest BCUT2D eigenvalue weighted by molar-refractivity contribution is 0.0687. The van der Waals surface area contributed by atoms with Crippen LogP contribution < -0.4 is 4.74 Å². The minimum Gasteiger partial charge on any atom is -0.481 e. The Morgan fingerprint density at radius 3 is 2.66 bits per heavy atom. The number of pyridine rings is 2. The molecular formula is C23H21N3O3. The van der Waals surface area contributed by atoms with Crippen molar-refractivity contribution in [1.82, 2.24) is 14.5 Å². The van der Waals surface area contributed by atoms with E-state index in [-0.39, 0.29) is 5.69 Å². The number of carbonyl (C=O) groups is 1. The van der Waals surface area contributed by atoms with E-state index in [2.05, 4.69) is 9.97 Å². The number of aromatic carboxylic acids is 1. The molecule has 0 radical (unpaired) electrons. The molecule has 0 atom stereocenters. The van der Waals surface area contributed by atoms with Gasteiger partial charge in [-0.05, 0) is 55.8 Å². The molecular weight excluding hydrogens is 366 g/mol. The van der Waals surface area contributed by atoms with Crippen molar-refractivity contribution >= 4 is 16.9 Å². The normalized spacial score (nSPS) is 11.0. The van der Waals surface area contributed by atoms with Crippen molar-refractivity contribution < 1.29 is 14.6 Å². The molecule has 0 unspecified atom stereocenters. The quantitative estimate of drug-likeness (QED) is 0.547. The summed E-state index contributed by atoms with van der Waals surface area (Å²) in [5.74, 6) is -0.596. The van der Waals surface area contributed by atoms with E-state index in [9.17, 15) is 9.90 Å². The number of hydrogen-bond acceptors (Lipinski definition) is 4. The van der Waals surface area contributed by atoms with Gasteiger partial charge in [0.2, 0.25) is 5.88 Å². The summed E-state index contributed by atoms with van der Waals surface area (Å²) in [4.78, 5) is 20.9. The van der Waals surface area contributed by atoms with Gasteiger partial charge in [-0.25, -0.2) is 9.78 Å². The van der Waals surface area contributed by atoms with Gasteiger partial charge in [-0.15, -0.1) is 0 Å². The van der Waals surface area contributed by atoms with Gasteiger partial charge in [0.25, 0.3) is 0 Å². The Bertz CT molecular complexity index is 1230. The summed E-state index contributed by atoms with van der Waals surface area (Å²) in [5, 5.41) is 11.0. The van der Waals surface area contributed by atoms with Crippen molar-refractivity contribution in [3.63, 3.8) is 0 Å². The lowest BCUT2D eigenvalue weighted by Crippen LogP contribution is -2.11. The Hall–Kier alpha value is -3.67. The molecule has 4 rings (SSSR count). The third-order valence-electron chi connectivity index (χ3n) is 4.96. The SMILES string of the molecule is COc1ncccc1-c1c(C(=O)O)n(Cc2ccnc(C)c2)c2ccc(C)cc12. The first-order valence-corrected chi connectivity index (χ1v) is 9.26. The molecule has 0 aliphatic rings. The molecule has 6 nitrogen and oxygen atoms in total. The van der Waals surface area contributed by atoms with Crippen molar-refractivity contribution in [2.24, 2.45) is 0 Å². The van der Waals surface area contributed by atoms with Crippen LogP contribution >= 0.6 is 0 Å². The number of hydrogen-bond donors (Lipinski definition) is 1. The highest BCUT2D eigenvalue weighted by Gasteiger charge is 2.26. The van der Waals surface area contributed by atoms with Gasteiger partial charge < -0.3 is 14.4 Å². The Labute approximate surface area is 168 Å². The Balaban J connectivity index is 2.06. The smallest absolute Gasteiger partial charge is 0.353 e. The number of ether oxygens (including phenoxy) is 1. The van der Waals surface area contributed by atoms with Crippen molar-refractivity contribution in [2.75, 3.05) is 7.11 Å². The zero-order valence-corrected chi connectivity index (χ0v) is 16.5. The van der Waals surface area contributed by atoms with E-state index in [1.807, 2.05) is 54.8 Å². The highest BCUT2D eigenvalue weighted by atomic mass is 16.5. The molecule has 0 saturated heterocycles. The summed E-state index contributed by atoms with van der Waals surface area (Å²) in [6.45, 7) is 4.34. The molecule has 0 amide bonds. The van der Waals surface area contributed by atoms with Crippen LogP contribution in [0.25, 0.3) is 22.0 Å². The van der Waals surface area contributed by atoms with Gasteiger partial charge in [-0.1, -0.05) is 11.6 Å². The Morgan fingerprint density at radius 1 is 1.10 bits per heavy atom. The zero-order valence-electron chi connectivity index (χ0n) is 16.5. The summed E-state index contributed by atoms with van der Waals surface area (Å²) < 4.78 is 7.28. The monoisotopic (exact) mass is 387 g/mol. The van der Waals surface area contributed by atoms with Gasteiger partial charge in [0.05, 0.1) is 7.11 Å². The summed E-state index contributed by atoms with van der Waals surface area (Å²) in [7, 11) is 1.54. The van der Waals surface area contributed by atoms with E-state index in [4.69, 9.17) is 4.74 Å². The number of fused-ring (bicyclic) bond motifs is 1. The average molecular weight is 387 g/mol. The topological polar surface area (TPSA) is 77.2 Å². The number of nitrogens with zero attached hydrogens (tertiary/aromatic N) is 3. The average Bonchev–Trinajstić information content (AvgIpc) is 3.01. The van der Waals surface area contributed by atoms with Crippen LogP contribution in [0.4, 0.5) is 0 Å². The first-order chi connectivity index (χ1) is 14.0. The fraction of sp³-hybridized carbons (Fsp3) is 0.174. The molecule has 4 aromatic rings. The number of methoxy groups -OCH3 is 1. The minimum absolute atomic E-state index is 0.214. The van der Waals surface area contributed by atoms with Crippen molar-refractivity contribution in [2.45, 2.75) is 20.4 Å². The molecule has 0 saturated carbocycles. The second-order valence-electron chi connectivity index (χ2n) is 7.00. The Kier molecular flexibility index (Phi) is 4.76. The van der Waals surface area contributed by atoms with Crippen molar-refractivity contribution in [3.8, 4) is 17.0 Å². The molecule has 0 bridgehead atoms.